The predicted octanol–water partition coefficient (Wildman–Crippen LogP) is 2.03. The molecule has 1 aromatic heterocycles. The number of benzene rings is 1. The molecule has 11 heteroatoms. The van der Waals surface area contributed by atoms with Crippen molar-refractivity contribution in [2.75, 3.05) is 6.54 Å². The summed E-state index contributed by atoms with van der Waals surface area (Å²) in [6.45, 7) is 8.15. The van der Waals surface area contributed by atoms with E-state index in [1.54, 1.807) is 0 Å². The number of nitrogens with zero attached hydrogens (tertiary/aromatic N) is 3. The van der Waals surface area contributed by atoms with Gasteiger partial charge in [-0.05, 0) is 23.8 Å². The third-order valence-corrected chi connectivity index (χ3v) is 6.86. The van der Waals surface area contributed by atoms with Gasteiger partial charge in [0.2, 0.25) is 11.7 Å². The van der Waals surface area contributed by atoms with Gasteiger partial charge in [0.15, 0.2) is 5.78 Å². The van der Waals surface area contributed by atoms with E-state index >= 15 is 0 Å². The topological polar surface area (TPSA) is 149 Å². The molecule has 0 saturated heterocycles. The molecule has 0 aliphatic carbocycles. The van der Waals surface area contributed by atoms with Crippen molar-refractivity contribution in [3.63, 3.8) is 0 Å². The number of carbonyl (C=O) groups is 5. The Bertz CT molecular complexity index is 1190. The third kappa shape index (κ3) is 9.10. The number of hydrogen-bond acceptors (Lipinski definition) is 8. The van der Waals surface area contributed by atoms with Crippen molar-refractivity contribution >= 4 is 29.4 Å². The number of amides is 2. The number of Topliss-reactive ketones (excluding diaryl/α,β-unsaturated/α-hetero) is 2. The van der Waals surface area contributed by atoms with Crippen molar-refractivity contribution in [3.05, 3.63) is 47.8 Å². The average Bonchev–Trinajstić information content (AvgIpc) is 3.35. The monoisotopic (exact) mass is 553 g/mol. The largest absolute Gasteiger partial charge is 0.461 e. The summed E-state index contributed by atoms with van der Waals surface area (Å²) in [6.07, 6.45) is 1.59. The first-order valence-electron chi connectivity index (χ1n) is 13.8. The Hall–Kier alpha value is -3.89. The first kappa shape index (κ1) is 30.6. The molecule has 2 amide bonds. The molecule has 11 nitrogen and oxygen atoms in total. The van der Waals surface area contributed by atoms with Crippen molar-refractivity contribution in [2.24, 2.45) is 23.7 Å². The smallest absolute Gasteiger partial charge is 0.306 e. The first-order valence-corrected chi connectivity index (χ1v) is 13.8. The minimum absolute atomic E-state index is 0.0607. The molecule has 1 aliphatic rings. The maximum Gasteiger partial charge on any atom is 0.306 e. The molecule has 2 N–H and O–H groups in total. The molecule has 2 heterocycles. The number of ether oxygens (including phenoxy) is 1. The summed E-state index contributed by atoms with van der Waals surface area (Å²) < 4.78 is 5.38. The van der Waals surface area contributed by atoms with E-state index in [9.17, 15) is 24.0 Å². The molecular formula is C29H39N5O6. The van der Waals surface area contributed by atoms with E-state index in [1.165, 1.54) is 11.0 Å². The molecule has 2 bridgehead atoms. The molecular weight excluding hydrogens is 514 g/mol. The van der Waals surface area contributed by atoms with Gasteiger partial charge < -0.3 is 15.4 Å². The highest BCUT2D eigenvalue weighted by molar-refractivity contribution is 6.37. The fourth-order valence-corrected chi connectivity index (χ4v) is 4.60. The SMILES string of the molecule is CC(C)CC(NC(=O)C(CC(=O)OCc1ccccc1)C(C)C)C(=O)CC1Cc2cnn(n2)CCNC(=O)C1=O. The summed E-state index contributed by atoms with van der Waals surface area (Å²) in [4.78, 5) is 66.2. The van der Waals surface area contributed by atoms with E-state index in [0.29, 0.717) is 18.7 Å². The molecule has 3 unspecified atom stereocenters. The lowest BCUT2D eigenvalue weighted by Gasteiger charge is -2.26. The lowest BCUT2D eigenvalue weighted by molar-refractivity contribution is -0.149. The molecule has 0 radical (unpaired) electrons. The molecule has 3 rings (SSSR count). The van der Waals surface area contributed by atoms with Crippen LogP contribution in [0.2, 0.25) is 0 Å². The number of rotatable bonds is 12. The second-order valence-corrected chi connectivity index (χ2v) is 11.0. The van der Waals surface area contributed by atoms with E-state index in [0.717, 1.165) is 5.56 Å². The van der Waals surface area contributed by atoms with Crippen LogP contribution < -0.4 is 10.6 Å². The van der Waals surface area contributed by atoms with Gasteiger partial charge in [0.1, 0.15) is 6.61 Å². The van der Waals surface area contributed by atoms with E-state index in [1.807, 2.05) is 58.0 Å². The standard InChI is InChI=1S/C29H39N5O6/c1-18(2)12-24(25(35)14-21-13-22-16-31-34(33-22)11-10-30-29(39)27(21)37)32-28(38)23(19(3)4)15-26(36)40-17-20-8-6-5-7-9-20/h5-9,16,18-19,21,23-24H,10-15,17H2,1-4H3,(H,30,39)(H,32,38). The number of fused-ring (bicyclic) bond motifs is 2. The van der Waals surface area contributed by atoms with Crippen LogP contribution in [0.3, 0.4) is 0 Å². The Labute approximate surface area is 234 Å². The van der Waals surface area contributed by atoms with Gasteiger partial charge >= 0.3 is 5.97 Å². The van der Waals surface area contributed by atoms with Gasteiger partial charge in [-0.2, -0.15) is 15.0 Å². The van der Waals surface area contributed by atoms with Crippen LogP contribution >= 0.6 is 0 Å². The van der Waals surface area contributed by atoms with Crippen LogP contribution in [-0.2, 0) is 48.3 Å². The average molecular weight is 554 g/mol. The van der Waals surface area contributed by atoms with Gasteiger partial charge in [-0.3, -0.25) is 24.0 Å². The number of nitrogens with one attached hydrogen (secondary N) is 2. The Morgan fingerprint density at radius 3 is 2.52 bits per heavy atom. The molecule has 0 spiro atoms. The van der Waals surface area contributed by atoms with E-state index in [2.05, 4.69) is 20.8 Å². The van der Waals surface area contributed by atoms with Gasteiger partial charge in [0, 0.05) is 25.3 Å². The normalized spacial score (nSPS) is 17.2. The zero-order valence-electron chi connectivity index (χ0n) is 23.6. The highest BCUT2D eigenvalue weighted by atomic mass is 16.5. The van der Waals surface area contributed by atoms with Crippen molar-refractivity contribution in [1.29, 1.82) is 0 Å². The van der Waals surface area contributed by atoms with Crippen LogP contribution in [0, 0.1) is 23.7 Å². The van der Waals surface area contributed by atoms with Gasteiger partial charge in [-0.1, -0.05) is 58.0 Å². The van der Waals surface area contributed by atoms with Gasteiger partial charge in [-0.25, -0.2) is 0 Å². The minimum atomic E-state index is -0.934. The van der Waals surface area contributed by atoms with Crippen LogP contribution in [-0.4, -0.2) is 56.9 Å². The highest BCUT2D eigenvalue weighted by Crippen LogP contribution is 2.21. The maximum absolute atomic E-state index is 13.5. The minimum Gasteiger partial charge on any atom is -0.461 e. The highest BCUT2D eigenvalue weighted by Gasteiger charge is 2.34. The molecule has 3 atom stereocenters. The number of carbonyl (C=O) groups excluding carboxylic acids is 5. The van der Waals surface area contributed by atoms with Crippen molar-refractivity contribution in [3.8, 4) is 0 Å². The van der Waals surface area contributed by atoms with E-state index in [4.69, 9.17) is 4.74 Å². The predicted molar refractivity (Wildman–Crippen MR) is 145 cm³/mol. The Balaban J connectivity index is 1.68. The van der Waals surface area contributed by atoms with Crippen LogP contribution in [0.15, 0.2) is 36.5 Å². The Morgan fingerprint density at radius 1 is 1.12 bits per heavy atom. The van der Waals surface area contributed by atoms with Gasteiger partial charge in [0.25, 0.3) is 5.91 Å². The molecule has 40 heavy (non-hydrogen) atoms. The van der Waals surface area contributed by atoms with Crippen LogP contribution in [0.4, 0.5) is 0 Å². The number of hydrogen-bond donors (Lipinski definition) is 2. The summed E-state index contributed by atoms with van der Waals surface area (Å²) in [5, 5.41) is 13.8. The van der Waals surface area contributed by atoms with Gasteiger partial charge in [-0.15, -0.1) is 0 Å². The van der Waals surface area contributed by atoms with E-state index in [-0.39, 0.29) is 50.0 Å². The van der Waals surface area contributed by atoms with Crippen LogP contribution in [0.5, 0.6) is 0 Å². The van der Waals surface area contributed by atoms with Crippen molar-refractivity contribution in [2.45, 2.75) is 72.6 Å². The zero-order chi connectivity index (χ0) is 29.2. The summed E-state index contributed by atoms with van der Waals surface area (Å²) in [5.74, 6) is -4.50. The quantitative estimate of drug-likeness (QED) is 0.300. The van der Waals surface area contributed by atoms with E-state index < -0.39 is 41.4 Å². The second kappa shape index (κ2) is 14.5. The number of ketones is 2. The fraction of sp³-hybridized carbons (Fsp3) is 0.552. The summed E-state index contributed by atoms with van der Waals surface area (Å²) in [6, 6.07) is 8.38. The summed E-state index contributed by atoms with van der Waals surface area (Å²) >= 11 is 0. The summed E-state index contributed by atoms with van der Waals surface area (Å²) in [7, 11) is 0. The fourth-order valence-electron chi connectivity index (χ4n) is 4.60. The third-order valence-electron chi connectivity index (χ3n) is 6.86. The lowest BCUT2D eigenvalue weighted by atomic mass is 9.87. The Kier molecular flexibility index (Phi) is 11.1. The van der Waals surface area contributed by atoms with Crippen molar-refractivity contribution < 1.29 is 28.7 Å². The van der Waals surface area contributed by atoms with Crippen molar-refractivity contribution in [1.82, 2.24) is 25.6 Å². The molecule has 0 fully saturated rings. The first-order chi connectivity index (χ1) is 19.0. The van der Waals surface area contributed by atoms with Crippen LogP contribution in [0.25, 0.3) is 0 Å². The number of esters is 1. The molecule has 2 aromatic rings. The Morgan fingerprint density at radius 2 is 1.85 bits per heavy atom. The molecule has 1 aromatic carbocycles. The van der Waals surface area contributed by atoms with Gasteiger partial charge in [0.05, 0.1) is 36.8 Å². The molecule has 1 aliphatic heterocycles. The zero-order valence-corrected chi connectivity index (χ0v) is 23.6. The number of aromatic nitrogens is 3. The summed E-state index contributed by atoms with van der Waals surface area (Å²) in [5.41, 5.74) is 1.36. The van der Waals surface area contributed by atoms with Crippen LogP contribution in [0.1, 0.15) is 58.2 Å². The maximum atomic E-state index is 13.5. The molecule has 0 saturated carbocycles. The lowest BCUT2D eigenvalue weighted by Crippen LogP contribution is -2.47. The molecule has 216 valence electrons. The second-order valence-electron chi connectivity index (χ2n) is 11.0.